The minimum absolute atomic E-state index is 0.0313. The van der Waals surface area contributed by atoms with Gasteiger partial charge in [0, 0.05) is 17.2 Å². The first-order chi connectivity index (χ1) is 15.9. The lowest BCUT2D eigenvalue weighted by atomic mass is 9.84. The van der Waals surface area contributed by atoms with E-state index < -0.39 is 6.10 Å². The number of ketones is 1. The van der Waals surface area contributed by atoms with Gasteiger partial charge in [0.1, 0.15) is 10.7 Å². The minimum atomic E-state index is -0.422. The number of aliphatic hydroxyl groups is 1. The van der Waals surface area contributed by atoms with E-state index in [1.54, 1.807) is 0 Å². The molecule has 1 heterocycles. The number of rotatable bonds is 12. The Balaban J connectivity index is 1.54. The molecule has 1 aromatic heterocycles. The lowest BCUT2D eigenvalue weighted by molar-refractivity contribution is -0.119. The summed E-state index contributed by atoms with van der Waals surface area (Å²) in [6.45, 7) is 5.88. The van der Waals surface area contributed by atoms with E-state index in [9.17, 15) is 14.7 Å². The molecule has 0 spiro atoms. The molecule has 1 aliphatic rings. The van der Waals surface area contributed by atoms with Crippen LogP contribution in [0.4, 0.5) is 0 Å². The third-order valence-electron chi connectivity index (χ3n) is 6.54. The van der Waals surface area contributed by atoms with Crippen LogP contribution in [0.1, 0.15) is 110 Å². The summed E-state index contributed by atoms with van der Waals surface area (Å²) in [6.07, 6.45) is 8.10. The van der Waals surface area contributed by atoms with Crippen molar-refractivity contribution in [3.8, 4) is 0 Å². The smallest absolute Gasteiger partial charge is 0.348 e. The molecule has 4 nitrogen and oxygen atoms in total. The third-order valence-corrected chi connectivity index (χ3v) is 7.67. The summed E-state index contributed by atoms with van der Waals surface area (Å²) < 4.78 is 5.28. The van der Waals surface area contributed by atoms with E-state index >= 15 is 0 Å². The maximum atomic E-state index is 12.7. The van der Waals surface area contributed by atoms with Crippen molar-refractivity contribution >= 4 is 23.1 Å². The van der Waals surface area contributed by atoms with Gasteiger partial charge in [-0.05, 0) is 75.1 Å². The molecule has 1 saturated carbocycles. The zero-order chi connectivity index (χ0) is 23.8. The fraction of sp³-hybridized carbons (Fsp3) is 0.571. The first-order valence-electron chi connectivity index (χ1n) is 12.5. The normalized spacial score (nSPS) is 19.2. The zero-order valence-electron chi connectivity index (χ0n) is 20.2. The molecule has 5 heteroatoms. The number of carbonyl (C=O) groups is 2. The summed E-state index contributed by atoms with van der Waals surface area (Å²) in [5.74, 6) is 0.423. The molecule has 33 heavy (non-hydrogen) atoms. The monoisotopic (exact) mass is 470 g/mol. The first kappa shape index (κ1) is 25.6. The van der Waals surface area contributed by atoms with Gasteiger partial charge in [0.2, 0.25) is 0 Å². The Kier molecular flexibility index (Phi) is 9.69. The first-order valence-corrected chi connectivity index (χ1v) is 13.3. The number of carbonyl (C=O) groups excluding carboxylic acids is 2. The second-order valence-corrected chi connectivity index (χ2v) is 10.7. The van der Waals surface area contributed by atoms with Gasteiger partial charge in [-0.25, -0.2) is 4.79 Å². The third kappa shape index (κ3) is 7.25. The van der Waals surface area contributed by atoms with Gasteiger partial charge in [-0.1, -0.05) is 50.5 Å². The SMILES string of the molecule is CCCCC[C@H](O)c1ccc([C@H]2C(=O)CC[C@@H]2CCCc2ccc(C(=O)OC(C)C)s2)cc1. The number of unbranched alkanes of at least 4 members (excludes halogenated alkanes) is 2. The predicted molar refractivity (Wildman–Crippen MR) is 134 cm³/mol. The number of hydrogen-bond donors (Lipinski definition) is 1. The van der Waals surface area contributed by atoms with Gasteiger partial charge in [-0.3, -0.25) is 4.79 Å². The number of aryl methyl sites for hydroxylation is 1. The summed E-state index contributed by atoms with van der Waals surface area (Å²) >= 11 is 1.51. The average molecular weight is 471 g/mol. The van der Waals surface area contributed by atoms with Crippen LogP contribution in [-0.4, -0.2) is 23.0 Å². The van der Waals surface area contributed by atoms with Crippen molar-refractivity contribution in [1.29, 1.82) is 0 Å². The number of thiophene rings is 1. The number of ether oxygens (including phenoxy) is 1. The Labute approximate surface area is 202 Å². The molecule has 0 amide bonds. The van der Waals surface area contributed by atoms with Crippen molar-refractivity contribution in [3.63, 3.8) is 0 Å². The lowest BCUT2D eigenvalue weighted by Crippen LogP contribution is -2.13. The Bertz CT molecular complexity index is 899. The van der Waals surface area contributed by atoms with E-state index in [1.165, 1.54) is 16.2 Å². The minimum Gasteiger partial charge on any atom is -0.459 e. The quantitative estimate of drug-likeness (QED) is 0.268. The highest BCUT2D eigenvalue weighted by atomic mass is 32.1. The zero-order valence-corrected chi connectivity index (χ0v) is 21.0. The molecule has 180 valence electrons. The second kappa shape index (κ2) is 12.5. The molecule has 0 unspecified atom stereocenters. The van der Waals surface area contributed by atoms with E-state index in [4.69, 9.17) is 4.74 Å². The van der Waals surface area contributed by atoms with Crippen LogP contribution in [-0.2, 0) is 16.0 Å². The van der Waals surface area contributed by atoms with Crippen molar-refractivity contribution in [2.75, 3.05) is 0 Å². The van der Waals surface area contributed by atoms with E-state index in [-0.39, 0.29) is 18.0 Å². The predicted octanol–water partition coefficient (Wildman–Crippen LogP) is 7.01. The summed E-state index contributed by atoms with van der Waals surface area (Å²) in [5.41, 5.74) is 2.03. The largest absolute Gasteiger partial charge is 0.459 e. The Morgan fingerprint density at radius 2 is 1.88 bits per heavy atom. The van der Waals surface area contributed by atoms with Crippen LogP contribution in [0, 0.1) is 5.92 Å². The molecule has 0 aliphatic heterocycles. The molecule has 3 rings (SSSR count). The van der Waals surface area contributed by atoms with Gasteiger partial charge in [-0.2, -0.15) is 0 Å². The summed E-state index contributed by atoms with van der Waals surface area (Å²) in [7, 11) is 0. The topological polar surface area (TPSA) is 63.6 Å². The maximum absolute atomic E-state index is 12.7. The Morgan fingerprint density at radius 3 is 2.58 bits per heavy atom. The number of esters is 1. The van der Waals surface area contributed by atoms with Crippen LogP contribution in [0.3, 0.4) is 0 Å². The molecule has 3 atom stereocenters. The number of hydrogen-bond acceptors (Lipinski definition) is 5. The number of aliphatic hydroxyl groups excluding tert-OH is 1. The summed E-state index contributed by atoms with van der Waals surface area (Å²) in [5, 5.41) is 10.4. The Hall–Kier alpha value is -1.98. The van der Waals surface area contributed by atoms with Gasteiger partial charge in [0.15, 0.2) is 0 Å². The van der Waals surface area contributed by atoms with Crippen molar-refractivity contribution in [2.45, 2.75) is 96.7 Å². The van der Waals surface area contributed by atoms with Gasteiger partial charge in [-0.15, -0.1) is 11.3 Å². The van der Waals surface area contributed by atoms with Crippen LogP contribution >= 0.6 is 11.3 Å². The van der Waals surface area contributed by atoms with Crippen molar-refractivity contribution in [1.82, 2.24) is 0 Å². The second-order valence-electron chi connectivity index (χ2n) is 9.53. The molecule has 0 bridgehead atoms. The molecule has 0 saturated heterocycles. The maximum Gasteiger partial charge on any atom is 0.348 e. The molecular formula is C28H38O4S. The highest BCUT2D eigenvalue weighted by molar-refractivity contribution is 7.13. The summed E-state index contributed by atoms with van der Waals surface area (Å²) in [6, 6.07) is 12.0. The van der Waals surface area contributed by atoms with Crippen molar-refractivity contribution < 1.29 is 19.4 Å². The van der Waals surface area contributed by atoms with E-state index in [0.717, 1.165) is 62.5 Å². The molecule has 1 fully saturated rings. The van der Waals surface area contributed by atoms with Crippen LogP contribution in [0.2, 0.25) is 0 Å². The standard InChI is InChI=1S/C28H38O4S/c1-4-5-6-10-24(29)20-11-13-22(14-12-20)27-21(15-17-25(27)30)8-7-9-23-16-18-26(33-23)28(31)32-19(2)3/h11-14,16,18-19,21,24,27,29H,4-10,15,17H2,1-3H3/t21-,24-,27-/m0/s1. The van der Waals surface area contributed by atoms with Gasteiger partial charge >= 0.3 is 5.97 Å². The van der Waals surface area contributed by atoms with Crippen LogP contribution in [0.15, 0.2) is 36.4 Å². The summed E-state index contributed by atoms with van der Waals surface area (Å²) in [4.78, 5) is 26.6. The molecule has 1 aromatic carbocycles. The van der Waals surface area contributed by atoms with Crippen LogP contribution in [0.25, 0.3) is 0 Å². The van der Waals surface area contributed by atoms with Crippen LogP contribution in [0.5, 0.6) is 0 Å². The fourth-order valence-electron chi connectivity index (χ4n) is 4.79. The van der Waals surface area contributed by atoms with Gasteiger partial charge in [0.05, 0.1) is 12.2 Å². The van der Waals surface area contributed by atoms with Gasteiger partial charge < -0.3 is 9.84 Å². The Morgan fingerprint density at radius 1 is 1.12 bits per heavy atom. The van der Waals surface area contributed by atoms with Gasteiger partial charge in [0.25, 0.3) is 0 Å². The molecule has 2 aromatic rings. The van der Waals surface area contributed by atoms with E-state index in [2.05, 4.69) is 6.92 Å². The van der Waals surface area contributed by atoms with E-state index in [1.807, 2.05) is 50.2 Å². The molecule has 0 radical (unpaired) electrons. The fourth-order valence-corrected chi connectivity index (χ4v) is 5.73. The molecule has 1 N–H and O–H groups in total. The highest BCUT2D eigenvalue weighted by Gasteiger charge is 2.35. The molecule has 1 aliphatic carbocycles. The van der Waals surface area contributed by atoms with E-state index in [0.29, 0.717) is 23.0 Å². The highest BCUT2D eigenvalue weighted by Crippen LogP contribution is 2.40. The van der Waals surface area contributed by atoms with Crippen molar-refractivity contribution in [2.24, 2.45) is 5.92 Å². The number of Topliss-reactive ketones (excluding diaryl/α,β-unsaturated/α-hetero) is 1. The molecular weight excluding hydrogens is 432 g/mol. The van der Waals surface area contributed by atoms with Crippen molar-refractivity contribution in [3.05, 3.63) is 57.3 Å². The average Bonchev–Trinajstić information content (AvgIpc) is 3.40. The number of benzene rings is 1. The van der Waals surface area contributed by atoms with Crippen LogP contribution < -0.4 is 0 Å². The lowest BCUT2D eigenvalue weighted by Gasteiger charge is -2.20.